The number of hydrogen-bond donors (Lipinski definition) is 2. The van der Waals surface area contributed by atoms with E-state index in [9.17, 15) is 9.59 Å². The molecule has 0 fully saturated rings. The van der Waals surface area contributed by atoms with Crippen LogP contribution in [0.1, 0.15) is 59.8 Å². The van der Waals surface area contributed by atoms with E-state index in [0.717, 1.165) is 30.5 Å². The van der Waals surface area contributed by atoms with E-state index in [1.54, 1.807) is 11.9 Å². The Kier molecular flexibility index (Phi) is 7.68. The van der Waals surface area contributed by atoms with Crippen LogP contribution in [-0.2, 0) is 17.8 Å². The van der Waals surface area contributed by atoms with Gasteiger partial charge in [0, 0.05) is 30.8 Å². The molecule has 1 aliphatic rings. The highest BCUT2D eigenvalue weighted by molar-refractivity contribution is 5.94. The number of fused-ring (bicyclic) bond motifs is 1. The van der Waals surface area contributed by atoms with E-state index in [0.29, 0.717) is 12.1 Å². The molecule has 0 bridgehead atoms. The third-order valence-electron chi connectivity index (χ3n) is 5.29. The van der Waals surface area contributed by atoms with Crippen LogP contribution in [-0.4, -0.2) is 23.8 Å². The monoisotopic (exact) mass is 415 g/mol. The lowest BCUT2D eigenvalue weighted by Gasteiger charge is -2.26. The van der Waals surface area contributed by atoms with E-state index >= 15 is 0 Å². The van der Waals surface area contributed by atoms with Crippen molar-refractivity contribution < 1.29 is 9.59 Å². The first-order valence-electron chi connectivity index (χ1n) is 9.88. The van der Waals surface area contributed by atoms with Crippen molar-refractivity contribution in [2.45, 2.75) is 45.7 Å². The summed E-state index contributed by atoms with van der Waals surface area (Å²) in [5.74, 6) is 0.00929. The van der Waals surface area contributed by atoms with Crippen LogP contribution < -0.4 is 11.1 Å². The molecule has 0 aromatic heterocycles. The first-order chi connectivity index (χ1) is 13.3. The first-order valence-corrected chi connectivity index (χ1v) is 9.88. The molecule has 0 aliphatic heterocycles. The quantitative estimate of drug-likeness (QED) is 0.721. The molecule has 156 valence electrons. The van der Waals surface area contributed by atoms with E-state index in [-0.39, 0.29) is 36.2 Å². The molecule has 5 nitrogen and oxygen atoms in total. The fourth-order valence-electron chi connectivity index (χ4n) is 3.78. The van der Waals surface area contributed by atoms with Crippen molar-refractivity contribution >= 4 is 29.9 Å². The number of anilines is 1. The summed E-state index contributed by atoms with van der Waals surface area (Å²) in [7, 11) is 1.80. The van der Waals surface area contributed by atoms with Gasteiger partial charge in [0.2, 0.25) is 5.91 Å². The second-order valence-corrected chi connectivity index (χ2v) is 7.92. The molecule has 29 heavy (non-hydrogen) atoms. The molecule has 0 saturated heterocycles. The highest BCUT2D eigenvalue weighted by Crippen LogP contribution is 2.31. The van der Waals surface area contributed by atoms with E-state index in [1.807, 2.05) is 56.3 Å². The first kappa shape index (κ1) is 22.8. The minimum Gasteiger partial charge on any atom is -0.399 e. The van der Waals surface area contributed by atoms with E-state index in [4.69, 9.17) is 5.73 Å². The predicted octanol–water partition coefficient (Wildman–Crippen LogP) is 4.11. The largest absolute Gasteiger partial charge is 0.399 e. The van der Waals surface area contributed by atoms with Gasteiger partial charge in [-0.15, -0.1) is 12.4 Å². The van der Waals surface area contributed by atoms with Crippen molar-refractivity contribution in [2.75, 3.05) is 12.8 Å². The van der Waals surface area contributed by atoms with Crippen LogP contribution in [0.25, 0.3) is 0 Å². The molecule has 1 unspecified atom stereocenters. The van der Waals surface area contributed by atoms with Gasteiger partial charge in [-0.25, -0.2) is 0 Å². The van der Waals surface area contributed by atoms with Crippen LogP contribution in [0.4, 0.5) is 5.69 Å². The molecule has 2 aromatic rings. The van der Waals surface area contributed by atoms with Crippen LogP contribution in [0.3, 0.4) is 0 Å². The summed E-state index contributed by atoms with van der Waals surface area (Å²) in [5.41, 5.74) is 10.7. The fourth-order valence-corrected chi connectivity index (χ4v) is 3.78. The van der Waals surface area contributed by atoms with Crippen LogP contribution in [0.5, 0.6) is 0 Å². The normalized spacial score (nSPS) is 15.2. The van der Waals surface area contributed by atoms with Gasteiger partial charge in [-0.3, -0.25) is 9.59 Å². The SMILES string of the molecule is CC(C)C(=O)N(C)Cc1ccc(C(=O)NC2CCCc3cc(N)ccc32)cc1.Cl. The number of carbonyl (C=O) groups excluding carboxylic acids is 2. The standard InChI is InChI=1S/C23H29N3O2.ClH/c1-15(2)23(28)26(3)14-16-7-9-17(10-8-16)22(27)25-21-6-4-5-18-13-19(24)11-12-20(18)21;/h7-13,15,21H,4-6,14,24H2,1-3H3,(H,25,27);1H. The highest BCUT2D eigenvalue weighted by Gasteiger charge is 2.22. The van der Waals surface area contributed by atoms with E-state index in [1.165, 1.54) is 11.1 Å². The third-order valence-corrected chi connectivity index (χ3v) is 5.29. The lowest BCUT2D eigenvalue weighted by Crippen LogP contribution is -2.31. The fraction of sp³-hybridized carbons (Fsp3) is 0.391. The van der Waals surface area contributed by atoms with Gasteiger partial charge in [0.1, 0.15) is 0 Å². The number of halogens is 1. The average molecular weight is 416 g/mol. The van der Waals surface area contributed by atoms with Crippen LogP contribution >= 0.6 is 12.4 Å². The summed E-state index contributed by atoms with van der Waals surface area (Å²) in [6.07, 6.45) is 2.98. The van der Waals surface area contributed by atoms with Crippen molar-refractivity contribution in [2.24, 2.45) is 5.92 Å². The topological polar surface area (TPSA) is 75.4 Å². The second kappa shape index (κ2) is 9.79. The molecule has 1 aliphatic carbocycles. The van der Waals surface area contributed by atoms with E-state index in [2.05, 4.69) is 5.32 Å². The second-order valence-electron chi connectivity index (χ2n) is 7.92. The Morgan fingerprint density at radius 2 is 1.86 bits per heavy atom. The predicted molar refractivity (Wildman–Crippen MR) is 119 cm³/mol. The zero-order valence-electron chi connectivity index (χ0n) is 17.3. The maximum atomic E-state index is 12.7. The molecule has 6 heteroatoms. The summed E-state index contributed by atoms with van der Waals surface area (Å²) in [6.45, 7) is 4.32. The molecule has 3 N–H and O–H groups in total. The lowest BCUT2D eigenvalue weighted by molar-refractivity contribution is -0.133. The number of rotatable bonds is 5. The third kappa shape index (κ3) is 5.51. The van der Waals surface area contributed by atoms with Crippen molar-refractivity contribution in [1.82, 2.24) is 10.2 Å². The highest BCUT2D eigenvalue weighted by atomic mass is 35.5. The van der Waals surface area contributed by atoms with Crippen molar-refractivity contribution in [3.05, 3.63) is 64.7 Å². The number of aryl methyl sites for hydroxylation is 1. The minimum absolute atomic E-state index is 0. The Balaban J connectivity index is 0.00000300. The molecule has 0 spiro atoms. The Labute approximate surface area is 179 Å². The van der Waals surface area contributed by atoms with Gasteiger partial charge >= 0.3 is 0 Å². The molecule has 2 amide bonds. The number of carbonyl (C=O) groups is 2. The molecule has 2 aromatic carbocycles. The number of nitrogens with one attached hydrogen (secondary N) is 1. The van der Waals surface area contributed by atoms with Gasteiger partial charge in [0.25, 0.3) is 5.91 Å². The van der Waals surface area contributed by atoms with Crippen LogP contribution in [0, 0.1) is 5.92 Å². The number of amides is 2. The molecule has 3 rings (SSSR count). The van der Waals surface area contributed by atoms with Crippen molar-refractivity contribution in [3.8, 4) is 0 Å². The van der Waals surface area contributed by atoms with Gasteiger partial charge in [0.05, 0.1) is 6.04 Å². The Bertz CT molecular complexity index is 865. The smallest absolute Gasteiger partial charge is 0.251 e. The number of nitrogens with zero attached hydrogens (tertiary/aromatic N) is 1. The molecular formula is C23H30ClN3O2. The Morgan fingerprint density at radius 1 is 1.17 bits per heavy atom. The molecular weight excluding hydrogens is 386 g/mol. The summed E-state index contributed by atoms with van der Waals surface area (Å²) >= 11 is 0. The zero-order chi connectivity index (χ0) is 20.3. The molecule has 1 atom stereocenters. The van der Waals surface area contributed by atoms with E-state index < -0.39 is 0 Å². The van der Waals surface area contributed by atoms with Gasteiger partial charge in [-0.05, 0) is 60.2 Å². The van der Waals surface area contributed by atoms with Crippen LogP contribution in [0.2, 0.25) is 0 Å². The maximum Gasteiger partial charge on any atom is 0.251 e. The molecule has 0 heterocycles. The van der Waals surface area contributed by atoms with Gasteiger partial charge in [0.15, 0.2) is 0 Å². The van der Waals surface area contributed by atoms with Gasteiger partial charge in [-0.2, -0.15) is 0 Å². The van der Waals surface area contributed by atoms with Gasteiger partial charge < -0.3 is 16.0 Å². The Hall–Kier alpha value is -2.53. The number of benzene rings is 2. The lowest BCUT2D eigenvalue weighted by atomic mass is 9.87. The molecule has 0 saturated carbocycles. The zero-order valence-corrected chi connectivity index (χ0v) is 18.1. The maximum absolute atomic E-state index is 12.7. The minimum atomic E-state index is -0.0761. The summed E-state index contributed by atoms with van der Waals surface area (Å²) < 4.78 is 0. The number of nitrogen functional groups attached to an aromatic ring is 1. The molecule has 0 radical (unpaired) electrons. The van der Waals surface area contributed by atoms with Crippen molar-refractivity contribution in [1.29, 1.82) is 0 Å². The number of hydrogen-bond acceptors (Lipinski definition) is 3. The number of nitrogens with two attached hydrogens (primary N) is 1. The average Bonchev–Trinajstić information content (AvgIpc) is 2.67. The van der Waals surface area contributed by atoms with Crippen LogP contribution in [0.15, 0.2) is 42.5 Å². The van der Waals surface area contributed by atoms with Crippen molar-refractivity contribution in [3.63, 3.8) is 0 Å². The summed E-state index contributed by atoms with van der Waals surface area (Å²) in [6, 6.07) is 13.4. The van der Waals surface area contributed by atoms with Gasteiger partial charge in [-0.1, -0.05) is 32.0 Å². The Morgan fingerprint density at radius 3 is 2.52 bits per heavy atom. The summed E-state index contributed by atoms with van der Waals surface area (Å²) in [5, 5.41) is 3.16. The summed E-state index contributed by atoms with van der Waals surface area (Å²) in [4.78, 5) is 26.5.